The normalized spacial score (nSPS) is 10.1. The van der Waals surface area contributed by atoms with Crippen LogP contribution in [-0.4, -0.2) is 22.7 Å². The van der Waals surface area contributed by atoms with Crippen molar-refractivity contribution in [2.24, 2.45) is 0 Å². The maximum absolute atomic E-state index is 10.0. The van der Waals surface area contributed by atoms with Gasteiger partial charge < -0.3 is 14.3 Å². The molecular formula is C7H9NO4. The number of aryl methyl sites for hydroxylation is 1. The maximum atomic E-state index is 10.0. The molecule has 0 spiro atoms. The first-order valence-electron chi connectivity index (χ1n) is 3.38. The number of nitrogens with zero attached hydrogens (tertiary/aromatic N) is 1. The monoisotopic (exact) mass is 171 g/mol. The molecule has 0 aliphatic carbocycles. The zero-order chi connectivity index (χ0) is 8.97. The van der Waals surface area contributed by atoms with Crippen LogP contribution in [0.15, 0.2) is 10.8 Å². The molecule has 0 radical (unpaired) electrons. The van der Waals surface area contributed by atoms with E-state index in [4.69, 9.17) is 14.3 Å². The number of ether oxygens (including phenoxy) is 1. The van der Waals surface area contributed by atoms with Crippen molar-refractivity contribution in [3.63, 3.8) is 0 Å². The van der Waals surface area contributed by atoms with Crippen molar-refractivity contribution in [2.75, 3.05) is 6.61 Å². The lowest BCUT2D eigenvalue weighted by Crippen LogP contribution is -2.07. The molecular weight excluding hydrogens is 162 g/mol. The Labute approximate surface area is 69.0 Å². The van der Waals surface area contributed by atoms with E-state index in [1.165, 1.54) is 6.39 Å². The predicted octanol–water partition coefficient (Wildman–Crippen LogP) is 0.584. The first-order chi connectivity index (χ1) is 5.70. The molecule has 0 aliphatic heterocycles. The van der Waals surface area contributed by atoms with Gasteiger partial charge in [-0.2, -0.15) is 0 Å². The molecule has 0 saturated carbocycles. The molecule has 0 aromatic carbocycles. The van der Waals surface area contributed by atoms with Gasteiger partial charge in [-0.05, 0) is 6.92 Å². The van der Waals surface area contributed by atoms with E-state index in [1.54, 1.807) is 6.92 Å². The number of hydrogen-bond acceptors (Lipinski definition) is 4. The fourth-order valence-electron chi connectivity index (χ4n) is 0.702. The highest BCUT2D eigenvalue weighted by atomic mass is 16.5. The number of carboxylic acids is 1. The summed E-state index contributed by atoms with van der Waals surface area (Å²) in [5.41, 5.74) is 0.635. The van der Waals surface area contributed by atoms with Gasteiger partial charge in [-0.1, -0.05) is 0 Å². The van der Waals surface area contributed by atoms with E-state index in [0.29, 0.717) is 11.5 Å². The Kier molecular flexibility index (Phi) is 2.82. The first-order valence-corrected chi connectivity index (χ1v) is 3.38. The number of hydrogen-bond donors (Lipinski definition) is 1. The van der Waals surface area contributed by atoms with Crippen molar-refractivity contribution in [1.82, 2.24) is 4.98 Å². The van der Waals surface area contributed by atoms with Crippen LogP contribution in [0.25, 0.3) is 0 Å². The van der Waals surface area contributed by atoms with Crippen molar-refractivity contribution in [2.45, 2.75) is 13.5 Å². The van der Waals surface area contributed by atoms with Crippen molar-refractivity contribution < 1.29 is 19.1 Å². The van der Waals surface area contributed by atoms with Gasteiger partial charge in [-0.3, -0.25) is 0 Å². The fourth-order valence-corrected chi connectivity index (χ4v) is 0.702. The molecule has 1 aromatic rings. The largest absolute Gasteiger partial charge is 0.480 e. The summed E-state index contributed by atoms with van der Waals surface area (Å²) in [5, 5.41) is 8.24. The quantitative estimate of drug-likeness (QED) is 0.717. The highest BCUT2D eigenvalue weighted by Crippen LogP contribution is 2.05. The summed E-state index contributed by atoms with van der Waals surface area (Å²) in [4.78, 5) is 13.9. The van der Waals surface area contributed by atoms with Crippen LogP contribution in [-0.2, 0) is 16.1 Å². The van der Waals surface area contributed by atoms with Crippen LogP contribution in [0.5, 0.6) is 0 Å². The Bertz CT molecular complexity index is 268. The van der Waals surface area contributed by atoms with E-state index in [9.17, 15) is 4.79 Å². The van der Waals surface area contributed by atoms with Gasteiger partial charge in [0.1, 0.15) is 18.1 Å². The highest BCUT2D eigenvalue weighted by Gasteiger charge is 2.03. The molecule has 0 unspecified atom stereocenters. The van der Waals surface area contributed by atoms with Gasteiger partial charge in [0, 0.05) is 0 Å². The number of aliphatic carboxylic acids is 1. The number of carbonyl (C=O) groups is 1. The Morgan fingerprint density at radius 3 is 3.08 bits per heavy atom. The molecule has 1 aromatic heterocycles. The third kappa shape index (κ3) is 2.35. The first kappa shape index (κ1) is 8.73. The summed E-state index contributed by atoms with van der Waals surface area (Å²) in [6.45, 7) is 1.60. The van der Waals surface area contributed by atoms with E-state index in [2.05, 4.69) is 4.98 Å². The summed E-state index contributed by atoms with van der Waals surface area (Å²) >= 11 is 0. The second-order valence-corrected chi connectivity index (χ2v) is 2.24. The Hall–Kier alpha value is -1.36. The van der Waals surface area contributed by atoms with Gasteiger partial charge in [0.25, 0.3) is 0 Å². The average molecular weight is 171 g/mol. The Morgan fingerprint density at radius 1 is 1.83 bits per heavy atom. The van der Waals surface area contributed by atoms with Gasteiger partial charge in [-0.15, -0.1) is 0 Å². The van der Waals surface area contributed by atoms with Gasteiger partial charge in [0.05, 0.1) is 6.61 Å². The van der Waals surface area contributed by atoms with Crippen LogP contribution in [0.1, 0.15) is 11.5 Å². The van der Waals surface area contributed by atoms with Crippen molar-refractivity contribution in [3.05, 3.63) is 17.8 Å². The number of oxazole rings is 1. The van der Waals surface area contributed by atoms with Crippen LogP contribution in [0, 0.1) is 6.92 Å². The highest BCUT2D eigenvalue weighted by molar-refractivity contribution is 5.67. The number of aromatic nitrogens is 1. The molecule has 0 fully saturated rings. The van der Waals surface area contributed by atoms with Crippen LogP contribution in [0.2, 0.25) is 0 Å². The summed E-state index contributed by atoms with van der Waals surface area (Å²) in [6, 6.07) is 0. The van der Waals surface area contributed by atoms with Gasteiger partial charge in [-0.25, -0.2) is 9.78 Å². The molecule has 0 aliphatic rings. The fraction of sp³-hybridized carbons (Fsp3) is 0.429. The smallest absolute Gasteiger partial charge is 0.329 e. The minimum Gasteiger partial charge on any atom is -0.480 e. The van der Waals surface area contributed by atoms with E-state index in [0.717, 1.165) is 0 Å². The standard InChI is InChI=1S/C7H9NO4/c1-5-6(8-4-12-5)2-11-3-7(9)10/h4H,2-3H2,1H3,(H,9,10). The summed E-state index contributed by atoms with van der Waals surface area (Å²) < 4.78 is 9.68. The molecule has 12 heavy (non-hydrogen) atoms. The number of rotatable bonds is 4. The summed E-state index contributed by atoms with van der Waals surface area (Å²) in [5.74, 6) is -0.337. The van der Waals surface area contributed by atoms with E-state index in [-0.39, 0.29) is 13.2 Å². The molecule has 1 N–H and O–H groups in total. The van der Waals surface area contributed by atoms with Gasteiger partial charge in [0.2, 0.25) is 0 Å². The van der Waals surface area contributed by atoms with E-state index in [1.807, 2.05) is 0 Å². The van der Waals surface area contributed by atoms with Gasteiger partial charge >= 0.3 is 5.97 Å². The summed E-state index contributed by atoms with van der Waals surface area (Å²) in [6.07, 6.45) is 1.30. The lowest BCUT2D eigenvalue weighted by molar-refractivity contribution is -0.142. The van der Waals surface area contributed by atoms with Crippen molar-refractivity contribution in [3.8, 4) is 0 Å². The van der Waals surface area contributed by atoms with Crippen LogP contribution in [0.3, 0.4) is 0 Å². The lowest BCUT2D eigenvalue weighted by Gasteiger charge is -1.96. The molecule has 5 heteroatoms. The number of carboxylic acid groups (broad SMARTS) is 1. The Balaban J connectivity index is 2.33. The molecule has 0 atom stereocenters. The SMILES string of the molecule is Cc1ocnc1COCC(=O)O. The zero-order valence-electron chi connectivity index (χ0n) is 6.61. The molecule has 1 rings (SSSR count). The molecule has 66 valence electrons. The maximum Gasteiger partial charge on any atom is 0.329 e. The molecule has 1 heterocycles. The van der Waals surface area contributed by atoms with Crippen LogP contribution in [0.4, 0.5) is 0 Å². The van der Waals surface area contributed by atoms with E-state index >= 15 is 0 Å². The topological polar surface area (TPSA) is 72.6 Å². The Morgan fingerprint density at radius 2 is 2.58 bits per heavy atom. The van der Waals surface area contributed by atoms with Crippen LogP contribution < -0.4 is 0 Å². The predicted molar refractivity (Wildman–Crippen MR) is 38.5 cm³/mol. The minimum absolute atomic E-state index is 0.175. The second-order valence-electron chi connectivity index (χ2n) is 2.24. The van der Waals surface area contributed by atoms with Crippen molar-refractivity contribution >= 4 is 5.97 Å². The van der Waals surface area contributed by atoms with E-state index < -0.39 is 5.97 Å². The lowest BCUT2D eigenvalue weighted by atomic mass is 10.4. The average Bonchev–Trinajstić information content (AvgIpc) is 2.36. The second kappa shape index (κ2) is 3.87. The molecule has 0 bridgehead atoms. The van der Waals surface area contributed by atoms with Crippen molar-refractivity contribution in [1.29, 1.82) is 0 Å². The van der Waals surface area contributed by atoms with Crippen LogP contribution >= 0.6 is 0 Å². The third-order valence-electron chi connectivity index (χ3n) is 1.31. The molecule has 0 amide bonds. The molecule has 5 nitrogen and oxygen atoms in total. The van der Waals surface area contributed by atoms with Gasteiger partial charge in [0.15, 0.2) is 6.39 Å². The minimum atomic E-state index is -0.990. The molecule has 0 saturated heterocycles. The summed E-state index contributed by atoms with van der Waals surface area (Å²) in [7, 11) is 0. The zero-order valence-corrected chi connectivity index (χ0v) is 6.61. The third-order valence-corrected chi connectivity index (χ3v) is 1.31.